The Kier molecular flexibility index (Phi) is 3.73. The monoisotopic (exact) mass is 286 g/mol. The van der Waals surface area contributed by atoms with Crippen LogP contribution in [0.1, 0.15) is 30.3 Å². The highest BCUT2D eigenvalue weighted by Gasteiger charge is 2.23. The van der Waals surface area contributed by atoms with Gasteiger partial charge in [-0.2, -0.15) is 0 Å². The zero-order valence-electron chi connectivity index (χ0n) is 11.6. The molecule has 5 heteroatoms. The Balaban J connectivity index is 1.93. The molecule has 0 N–H and O–H groups in total. The van der Waals surface area contributed by atoms with Crippen molar-refractivity contribution in [1.82, 2.24) is 9.55 Å². The molecule has 0 unspecified atom stereocenters. The average molecular weight is 286 g/mol. The minimum atomic E-state index is -0.538. The predicted molar refractivity (Wildman–Crippen MR) is 76.5 cm³/mol. The lowest BCUT2D eigenvalue weighted by Gasteiger charge is -2.14. The molecule has 0 radical (unpaired) electrons. The van der Waals surface area contributed by atoms with Crippen molar-refractivity contribution < 1.29 is 13.9 Å². The van der Waals surface area contributed by atoms with Gasteiger partial charge in [-0.1, -0.05) is 18.2 Å². The molecule has 3 rings (SSSR count). The molecule has 0 amide bonds. The first kappa shape index (κ1) is 13.4. The van der Waals surface area contributed by atoms with E-state index >= 15 is 0 Å². The summed E-state index contributed by atoms with van der Waals surface area (Å²) in [7, 11) is 0. The highest BCUT2D eigenvalue weighted by Crippen LogP contribution is 2.25. The quantitative estimate of drug-likeness (QED) is 0.861. The molecule has 21 heavy (non-hydrogen) atoms. The van der Waals surface area contributed by atoms with E-state index in [-0.39, 0.29) is 5.82 Å². The van der Waals surface area contributed by atoms with E-state index in [2.05, 4.69) is 4.98 Å². The standard InChI is InChI=1S/C16H15FN2O2/c1-2-3-14-10-18-15(16-20-8-9-21-16)19(14)11-12-4-6-13(17)7-5-12/h2-10,16H,11H2,1H3/b3-2-. The van der Waals surface area contributed by atoms with Crippen LogP contribution in [0.2, 0.25) is 0 Å². The third kappa shape index (κ3) is 2.81. The SMILES string of the molecule is C/C=C\c1cnc(C2OC=CO2)n1Cc1ccc(F)cc1. The van der Waals surface area contributed by atoms with Gasteiger partial charge in [0.2, 0.25) is 0 Å². The van der Waals surface area contributed by atoms with Gasteiger partial charge in [-0.15, -0.1) is 0 Å². The maximum atomic E-state index is 13.0. The number of halogens is 1. The molecule has 0 atom stereocenters. The molecule has 2 aromatic rings. The van der Waals surface area contributed by atoms with Crippen molar-refractivity contribution in [2.75, 3.05) is 0 Å². The van der Waals surface area contributed by atoms with Crippen LogP contribution in [0.15, 0.2) is 49.1 Å². The molecule has 1 aromatic carbocycles. The van der Waals surface area contributed by atoms with Gasteiger partial charge in [0.1, 0.15) is 18.3 Å². The molecule has 4 nitrogen and oxygen atoms in total. The van der Waals surface area contributed by atoms with Gasteiger partial charge in [0.15, 0.2) is 5.82 Å². The lowest BCUT2D eigenvalue weighted by atomic mass is 10.2. The number of ether oxygens (including phenoxy) is 2. The van der Waals surface area contributed by atoms with Crippen molar-refractivity contribution in [2.45, 2.75) is 19.8 Å². The van der Waals surface area contributed by atoms with Gasteiger partial charge < -0.3 is 14.0 Å². The van der Waals surface area contributed by atoms with Crippen LogP contribution in [0.25, 0.3) is 6.08 Å². The first-order chi connectivity index (χ1) is 10.3. The van der Waals surface area contributed by atoms with E-state index in [4.69, 9.17) is 9.47 Å². The van der Waals surface area contributed by atoms with Gasteiger partial charge in [-0.3, -0.25) is 0 Å². The van der Waals surface area contributed by atoms with Crippen LogP contribution in [-0.4, -0.2) is 9.55 Å². The fourth-order valence-corrected chi connectivity index (χ4v) is 2.20. The van der Waals surface area contributed by atoms with E-state index in [1.165, 1.54) is 24.7 Å². The molecule has 1 aliphatic heterocycles. The summed E-state index contributed by atoms with van der Waals surface area (Å²) in [5.74, 6) is 0.433. The first-order valence-corrected chi connectivity index (χ1v) is 6.66. The van der Waals surface area contributed by atoms with Crippen LogP contribution in [0.3, 0.4) is 0 Å². The molecule has 0 saturated heterocycles. The van der Waals surface area contributed by atoms with Crippen LogP contribution in [0, 0.1) is 5.82 Å². The molecule has 0 bridgehead atoms. The summed E-state index contributed by atoms with van der Waals surface area (Å²) >= 11 is 0. The fourth-order valence-electron chi connectivity index (χ4n) is 2.20. The molecule has 0 fully saturated rings. The Morgan fingerprint density at radius 1 is 1.24 bits per heavy atom. The minimum absolute atomic E-state index is 0.245. The second-order valence-corrected chi connectivity index (χ2v) is 4.63. The van der Waals surface area contributed by atoms with Crippen LogP contribution in [0.4, 0.5) is 4.39 Å². The topological polar surface area (TPSA) is 36.3 Å². The van der Waals surface area contributed by atoms with Gasteiger partial charge in [0.25, 0.3) is 6.29 Å². The summed E-state index contributed by atoms with van der Waals surface area (Å²) in [4.78, 5) is 4.38. The number of hydrogen-bond acceptors (Lipinski definition) is 3. The van der Waals surface area contributed by atoms with Gasteiger partial charge >= 0.3 is 0 Å². The summed E-state index contributed by atoms with van der Waals surface area (Å²) < 4.78 is 25.7. The Labute approximate surface area is 122 Å². The van der Waals surface area contributed by atoms with Crippen molar-refractivity contribution in [2.24, 2.45) is 0 Å². The molecule has 0 aliphatic carbocycles. The molecule has 0 spiro atoms. The number of rotatable bonds is 4. The molecule has 108 valence electrons. The van der Waals surface area contributed by atoms with Crippen LogP contribution >= 0.6 is 0 Å². The molecule has 2 heterocycles. The van der Waals surface area contributed by atoms with Gasteiger partial charge in [0, 0.05) is 6.54 Å². The van der Waals surface area contributed by atoms with Crippen molar-refractivity contribution in [3.8, 4) is 0 Å². The fraction of sp³-hybridized carbons (Fsp3) is 0.188. The lowest BCUT2D eigenvalue weighted by Crippen LogP contribution is -2.12. The Bertz CT molecular complexity index is 666. The van der Waals surface area contributed by atoms with Crippen LogP contribution < -0.4 is 0 Å². The molecule has 0 saturated carbocycles. The largest absolute Gasteiger partial charge is 0.452 e. The number of aromatic nitrogens is 2. The first-order valence-electron chi connectivity index (χ1n) is 6.66. The maximum Gasteiger partial charge on any atom is 0.299 e. The summed E-state index contributed by atoms with van der Waals surface area (Å²) in [6.45, 7) is 2.51. The van der Waals surface area contributed by atoms with E-state index in [0.29, 0.717) is 12.4 Å². The van der Waals surface area contributed by atoms with E-state index < -0.39 is 6.29 Å². The predicted octanol–water partition coefficient (Wildman–Crippen LogP) is 3.62. The zero-order chi connectivity index (χ0) is 14.7. The van der Waals surface area contributed by atoms with Crippen molar-refractivity contribution in [1.29, 1.82) is 0 Å². The van der Waals surface area contributed by atoms with Crippen LogP contribution in [0.5, 0.6) is 0 Å². The van der Waals surface area contributed by atoms with Crippen molar-refractivity contribution in [3.05, 3.63) is 72.0 Å². The summed E-state index contributed by atoms with van der Waals surface area (Å²) in [5.41, 5.74) is 1.92. The summed E-state index contributed by atoms with van der Waals surface area (Å²) in [6, 6.07) is 6.41. The smallest absolute Gasteiger partial charge is 0.299 e. The third-order valence-corrected chi connectivity index (χ3v) is 3.18. The third-order valence-electron chi connectivity index (χ3n) is 3.18. The van der Waals surface area contributed by atoms with Crippen molar-refractivity contribution >= 4 is 6.08 Å². The number of hydrogen-bond donors (Lipinski definition) is 0. The molecule has 1 aromatic heterocycles. The van der Waals surface area contributed by atoms with Gasteiger partial charge in [0.05, 0.1) is 11.9 Å². The summed E-state index contributed by atoms with van der Waals surface area (Å²) in [6.07, 6.45) is 8.13. The molecular formula is C16H15FN2O2. The second-order valence-electron chi connectivity index (χ2n) is 4.63. The number of nitrogens with zero attached hydrogens (tertiary/aromatic N) is 2. The van der Waals surface area contributed by atoms with E-state index in [1.807, 2.05) is 23.6 Å². The Morgan fingerprint density at radius 3 is 2.62 bits per heavy atom. The Hall–Kier alpha value is -2.56. The zero-order valence-corrected chi connectivity index (χ0v) is 11.6. The second kappa shape index (κ2) is 5.83. The average Bonchev–Trinajstić information content (AvgIpc) is 3.12. The van der Waals surface area contributed by atoms with Crippen LogP contribution in [-0.2, 0) is 16.0 Å². The van der Waals surface area contributed by atoms with E-state index in [0.717, 1.165) is 11.3 Å². The minimum Gasteiger partial charge on any atom is -0.452 e. The van der Waals surface area contributed by atoms with E-state index in [9.17, 15) is 4.39 Å². The normalized spacial score (nSPS) is 14.6. The lowest BCUT2D eigenvalue weighted by molar-refractivity contribution is -0.0338. The van der Waals surface area contributed by atoms with Gasteiger partial charge in [-0.05, 0) is 30.7 Å². The number of imidazole rings is 1. The Morgan fingerprint density at radius 2 is 1.95 bits per heavy atom. The van der Waals surface area contributed by atoms with Crippen molar-refractivity contribution in [3.63, 3.8) is 0 Å². The van der Waals surface area contributed by atoms with E-state index in [1.54, 1.807) is 18.3 Å². The maximum absolute atomic E-state index is 13.0. The van der Waals surface area contributed by atoms with Gasteiger partial charge in [-0.25, -0.2) is 9.37 Å². The number of allylic oxidation sites excluding steroid dienone is 1. The highest BCUT2D eigenvalue weighted by atomic mass is 19.1. The molecular weight excluding hydrogens is 271 g/mol. The number of benzene rings is 1. The molecule has 1 aliphatic rings. The summed E-state index contributed by atoms with van der Waals surface area (Å²) in [5, 5.41) is 0. The highest BCUT2D eigenvalue weighted by molar-refractivity contribution is 5.44.